The van der Waals surface area contributed by atoms with E-state index in [4.69, 9.17) is 0 Å². The number of thioether (sulfide) groups is 1. The minimum Gasteiger partial charge on any atom is -0.364 e. The lowest BCUT2D eigenvalue weighted by Crippen LogP contribution is -2.25. The Morgan fingerprint density at radius 1 is 1.33 bits per heavy atom. The Bertz CT molecular complexity index is 454. The molecule has 0 spiro atoms. The molecule has 1 aromatic heterocycles. The second kappa shape index (κ2) is 9.51. The first-order chi connectivity index (χ1) is 10.1. The Kier molecular flexibility index (Phi) is 7.99. The molecule has 0 aliphatic heterocycles. The van der Waals surface area contributed by atoms with Gasteiger partial charge in [0.05, 0.1) is 4.92 Å². The monoisotopic (exact) mass is 313 g/mol. The smallest absolute Gasteiger partial charge is 0.343 e. The van der Waals surface area contributed by atoms with Crippen molar-refractivity contribution < 1.29 is 4.92 Å². The van der Waals surface area contributed by atoms with E-state index in [9.17, 15) is 10.1 Å². The van der Waals surface area contributed by atoms with Gasteiger partial charge in [-0.15, -0.1) is 0 Å². The number of nitrogens with one attached hydrogen (secondary N) is 1. The molecule has 0 atom stereocenters. The first-order valence-corrected chi connectivity index (χ1v) is 8.20. The zero-order chi connectivity index (χ0) is 15.7. The number of rotatable bonds is 10. The molecule has 118 valence electrons. The van der Waals surface area contributed by atoms with Gasteiger partial charge in [-0.05, 0) is 19.5 Å². The van der Waals surface area contributed by atoms with E-state index in [1.165, 1.54) is 18.1 Å². The van der Waals surface area contributed by atoms with Crippen LogP contribution in [0.5, 0.6) is 0 Å². The molecule has 0 fully saturated rings. The second-order valence-corrected chi connectivity index (χ2v) is 5.52. The zero-order valence-electron chi connectivity index (χ0n) is 12.8. The van der Waals surface area contributed by atoms with Crippen LogP contribution in [0.1, 0.15) is 27.2 Å². The van der Waals surface area contributed by atoms with Gasteiger partial charge in [-0.3, -0.25) is 10.1 Å². The van der Waals surface area contributed by atoms with Crippen molar-refractivity contribution in [2.75, 3.05) is 37.2 Å². The lowest BCUT2D eigenvalue weighted by molar-refractivity contribution is -0.387. The molecule has 0 aromatic carbocycles. The van der Waals surface area contributed by atoms with Gasteiger partial charge in [0.1, 0.15) is 6.33 Å². The van der Waals surface area contributed by atoms with Crippen molar-refractivity contribution in [1.82, 2.24) is 14.9 Å². The standard InChI is InChI=1S/C13H23N5O2S/c1-4-7-14-12-11(18(19)20)13(16-10-15-12)21-9-8-17(5-2)6-3/h10H,4-9H2,1-3H3,(H,14,15,16). The van der Waals surface area contributed by atoms with E-state index in [0.717, 1.165) is 31.8 Å². The SMILES string of the molecule is CCCNc1ncnc(SCCN(CC)CC)c1[N+](=O)[O-]. The number of anilines is 1. The number of nitrogens with zero attached hydrogens (tertiary/aromatic N) is 4. The highest BCUT2D eigenvalue weighted by molar-refractivity contribution is 7.99. The molecule has 1 rings (SSSR count). The average molecular weight is 313 g/mol. The van der Waals surface area contributed by atoms with Gasteiger partial charge in [-0.2, -0.15) is 0 Å². The van der Waals surface area contributed by atoms with Crippen LogP contribution in [0.4, 0.5) is 11.5 Å². The topological polar surface area (TPSA) is 84.2 Å². The maximum absolute atomic E-state index is 11.3. The van der Waals surface area contributed by atoms with Crippen molar-refractivity contribution in [2.24, 2.45) is 0 Å². The Morgan fingerprint density at radius 3 is 2.62 bits per heavy atom. The summed E-state index contributed by atoms with van der Waals surface area (Å²) in [5, 5.41) is 14.7. The summed E-state index contributed by atoms with van der Waals surface area (Å²) in [5.74, 6) is 1.08. The van der Waals surface area contributed by atoms with Crippen LogP contribution >= 0.6 is 11.8 Å². The van der Waals surface area contributed by atoms with Gasteiger partial charge in [0, 0.05) is 18.8 Å². The largest absolute Gasteiger partial charge is 0.364 e. The number of aromatic nitrogens is 2. The highest BCUT2D eigenvalue weighted by atomic mass is 32.2. The van der Waals surface area contributed by atoms with Gasteiger partial charge >= 0.3 is 5.69 Å². The van der Waals surface area contributed by atoms with E-state index >= 15 is 0 Å². The third kappa shape index (κ3) is 5.47. The lowest BCUT2D eigenvalue weighted by Gasteiger charge is -2.17. The zero-order valence-corrected chi connectivity index (χ0v) is 13.7. The molecule has 0 unspecified atom stereocenters. The highest BCUT2D eigenvalue weighted by Crippen LogP contribution is 2.32. The van der Waals surface area contributed by atoms with Gasteiger partial charge in [0.25, 0.3) is 0 Å². The maximum atomic E-state index is 11.3. The normalized spacial score (nSPS) is 10.9. The minimum absolute atomic E-state index is 0.0181. The molecule has 0 radical (unpaired) electrons. The molecule has 0 bridgehead atoms. The maximum Gasteiger partial charge on any atom is 0.343 e. The molecule has 8 heteroatoms. The van der Waals surface area contributed by atoms with Crippen LogP contribution in [0, 0.1) is 10.1 Å². The molecule has 1 aromatic rings. The van der Waals surface area contributed by atoms with Crippen LogP contribution in [-0.4, -0.2) is 51.7 Å². The molecule has 1 heterocycles. The highest BCUT2D eigenvalue weighted by Gasteiger charge is 2.22. The summed E-state index contributed by atoms with van der Waals surface area (Å²) in [6, 6.07) is 0. The number of nitro groups is 1. The van der Waals surface area contributed by atoms with Crippen LogP contribution in [0.2, 0.25) is 0 Å². The van der Waals surface area contributed by atoms with Crippen LogP contribution in [0.15, 0.2) is 11.4 Å². The molecule has 0 aliphatic rings. The van der Waals surface area contributed by atoms with Crippen molar-refractivity contribution in [3.05, 3.63) is 16.4 Å². The molecular formula is C13H23N5O2S. The van der Waals surface area contributed by atoms with E-state index in [1.807, 2.05) is 6.92 Å². The van der Waals surface area contributed by atoms with Crippen LogP contribution in [0.3, 0.4) is 0 Å². The van der Waals surface area contributed by atoms with Gasteiger partial charge in [-0.1, -0.05) is 32.5 Å². The predicted molar refractivity (Wildman–Crippen MR) is 86.0 cm³/mol. The Hall–Kier alpha value is -1.41. The van der Waals surface area contributed by atoms with Crippen LogP contribution < -0.4 is 5.32 Å². The fourth-order valence-corrected chi connectivity index (χ4v) is 2.79. The van der Waals surface area contributed by atoms with E-state index in [-0.39, 0.29) is 5.69 Å². The van der Waals surface area contributed by atoms with Gasteiger partial charge in [-0.25, -0.2) is 9.97 Å². The van der Waals surface area contributed by atoms with Gasteiger partial charge < -0.3 is 10.2 Å². The Morgan fingerprint density at radius 2 is 2.05 bits per heavy atom. The third-order valence-corrected chi connectivity index (χ3v) is 4.01. The Labute approximate surface area is 129 Å². The molecule has 0 saturated carbocycles. The summed E-state index contributed by atoms with van der Waals surface area (Å²) in [4.78, 5) is 21.2. The van der Waals surface area contributed by atoms with E-state index in [1.54, 1.807) is 0 Å². The van der Waals surface area contributed by atoms with Gasteiger partial charge in [0.15, 0.2) is 5.03 Å². The number of hydrogen-bond acceptors (Lipinski definition) is 7. The average Bonchev–Trinajstić information content (AvgIpc) is 2.49. The third-order valence-electron chi connectivity index (χ3n) is 3.05. The molecule has 7 nitrogen and oxygen atoms in total. The van der Waals surface area contributed by atoms with Crippen molar-refractivity contribution in [1.29, 1.82) is 0 Å². The first kappa shape index (κ1) is 17.6. The summed E-state index contributed by atoms with van der Waals surface area (Å²) in [5.41, 5.74) is -0.0181. The lowest BCUT2D eigenvalue weighted by atomic mass is 10.4. The minimum atomic E-state index is -0.405. The van der Waals surface area contributed by atoms with E-state index < -0.39 is 4.92 Å². The summed E-state index contributed by atoms with van der Waals surface area (Å²) < 4.78 is 0. The molecule has 0 saturated heterocycles. The quantitative estimate of drug-likeness (QED) is 0.307. The fraction of sp³-hybridized carbons (Fsp3) is 0.692. The van der Waals surface area contributed by atoms with Crippen molar-refractivity contribution in [3.8, 4) is 0 Å². The van der Waals surface area contributed by atoms with E-state index in [2.05, 4.69) is 34.0 Å². The fourth-order valence-electron chi connectivity index (χ4n) is 1.82. The summed E-state index contributed by atoms with van der Waals surface area (Å²) in [6.45, 7) is 9.71. The summed E-state index contributed by atoms with van der Waals surface area (Å²) in [6.07, 6.45) is 2.26. The van der Waals surface area contributed by atoms with Crippen molar-refractivity contribution >= 4 is 23.3 Å². The summed E-state index contributed by atoms with van der Waals surface area (Å²) in [7, 11) is 0. The predicted octanol–water partition coefficient (Wildman–Crippen LogP) is 2.64. The first-order valence-electron chi connectivity index (χ1n) is 7.22. The summed E-state index contributed by atoms with van der Waals surface area (Å²) >= 11 is 1.41. The molecule has 0 amide bonds. The molecular weight excluding hydrogens is 290 g/mol. The Balaban J connectivity index is 2.78. The van der Waals surface area contributed by atoms with Crippen LogP contribution in [0.25, 0.3) is 0 Å². The van der Waals surface area contributed by atoms with Crippen LogP contribution in [-0.2, 0) is 0 Å². The number of hydrogen-bond donors (Lipinski definition) is 1. The molecule has 1 N–H and O–H groups in total. The second-order valence-electron chi connectivity index (χ2n) is 4.44. The van der Waals surface area contributed by atoms with Crippen molar-refractivity contribution in [2.45, 2.75) is 32.2 Å². The van der Waals surface area contributed by atoms with E-state index in [0.29, 0.717) is 17.4 Å². The molecule has 21 heavy (non-hydrogen) atoms. The van der Waals surface area contributed by atoms with Gasteiger partial charge in [0.2, 0.25) is 5.82 Å². The van der Waals surface area contributed by atoms with Crippen molar-refractivity contribution in [3.63, 3.8) is 0 Å². The molecule has 0 aliphatic carbocycles.